The number of rotatable bonds is 5. The van der Waals surface area contributed by atoms with Crippen molar-refractivity contribution in [2.24, 2.45) is 12.0 Å². The molecule has 0 saturated carbocycles. The smallest absolute Gasteiger partial charge is 0.193 e. The first kappa shape index (κ1) is 20.9. The predicted molar refractivity (Wildman–Crippen MR) is 122 cm³/mol. The van der Waals surface area contributed by atoms with Gasteiger partial charge in [-0.05, 0) is 30.2 Å². The van der Waals surface area contributed by atoms with Crippen LogP contribution in [0.2, 0.25) is 0 Å². The number of aliphatic imine (C=N–C) groups is 1. The van der Waals surface area contributed by atoms with Crippen molar-refractivity contribution < 1.29 is 0 Å². The summed E-state index contributed by atoms with van der Waals surface area (Å²) in [6.07, 6.45) is 5.27. The molecule has 1 aromatic heterocycles. The van der Waals surface area contributed by atoms with Gasteiger partial charge in [0.1, 0.15) is 0 Å². The molecule has 2 fully saturated rings. The van der Waals surface area contributed by atoms with Gasteiger partial charge < -0.3 is 15.1 Å². The maximum atomic E-state index is 4.52. The highest BCUT2D eigenvalue weighted by molar-refractivity contribution is 5.80. The van der Waals surface area contributed by atoms with Gasteiger partial charge in [0.05, 0.1) is 6.20 Å². The first-order valence-electron chi connectivity index (χ1n) is 11.0. The molecule has 2 aliphatic rings. The summed E-state index contributed by atoms with van der Waals surface area (Å²) in [5, 5.41) is 7.87. The largest absolute Gasteiger partial charge is 0.352 e. The number of hydrogen-bond acceptors (Lipinski definition) is 4. The molecule has 0 amide bonds. The average molecular weight is 410 g/mol. The molecular weight excluding hydrogens is 374 g/mol. The summed E-state index contributed by atoms with van der Waals surface area (Å²) in [5.41, 5.74) is 4.01. The Morgan fingerprint density at radius 2 is 1.80 bits per heavy atom. The highest BCUT2D eigenvalue weighted by Crippen LogP contribution is 2.26. The van der Waals surface area contributed by atoms with Crippen LogP contribution < -0.4 is 5.32 Å². The summed E-state index contributed by atoms with van der Waals surface area (Å²) < 4.78 is 1.89. The Bertz CT molecular complexity index is 833. The van der Waals surface area contributed by atoms with Gasteiger partial charge in [-0.1, -0.05) is 24.3 Å². The molecule has 3 heterocycles. The van der Waals surface area contributed by atoms with Crippen LogP contribution in [0, 0.1) is 0 Å². The van der Waals surface area contributed by atoms with Crippen LogP contribution in [0.5, 0.6) is 0 Å². The average Bonchev–Trinajstić information content (AvgIpc) is 3.41. The van der Waals surface area contributed by atoms with E-state index >= 15 is 0 Å². The minimum Gasteiger partial charge on any atom is -0.352 e. The lowest BCUT2D eigenvalue weighted by Crippen LogP contribution is -2.43. The maximum absolute atomic E-state index is 4.52. The number of aromatic nitrogens is 2. The molecular formula is C23H35N7. The van der Waals surface area contributed by atoms with Gasteiger partial charge in [-0.3, -0.25) is 14.6 Å². The standard InChI is InChI=1S/C23H35N7/c1-24-23(30-9-8-21(18-30)22-15-26-28(3)17-22)25-14-19-4-6-20(7-5-19)16-29-12-10-27(2)11-13-29/h4-7,15,17,21H,8-14,16,18H2,1-3H3,(H,24,25). The summed E-state index contributed by atoms with van der Waals surface area (Å²) in [6.45, 7) is 8.53. The monoisotopic (exact) mass is 409 g/mol. The number of nitrogens with one attached hydrogen (secondary N) is 1. The van der Waals surface area contributed by atoms with Crippen molar-refractivity contribution in [3.05, 3.63) is 53.3 Å². The second-order valence-electron chi connectivity index (χ2n) is 8.68. The molecule has 0 aliphatic carbocycles. The van der Waals surface area contributed by atoms with Crippen LogP contribution in [0.3, 0.4) is 0 Å². The quantitative estimate of drug-likeness (QED) is 0.602. The van der Waals surface area contributed by atoms with Crippen molar-refractivity contribution in [3.63, 3.8) is 0 Å². The molecule has 7 nitrogen and oxygen atoms in total. The van der Waals surface area contributed by atoms with Gasteiger partial charge in [-0.15, -0.1) is 0 Å². The molecule has 0 radical (unpaired) electrons. The number of piperazine rings is 1. The molecule has 30 heavy (non-hydrogen) atoms. The van der Waals surface area contributed by atoms with E-state index in [1.165, 1.54) is 29.8 Å². The minimum atomic E-state index is 0.533. The van der Waals surface area contributed by atoms with Crippen LogP contribution in [0.15, 0.2) is 41.7 Å². The lowest BCUT2D eigenvalue weighted by Gasteiger charge is -2.32. The number of aryl methyl sites for hydroxylation is 1. The van der Waals surface area contributed by atoms with Crippen LogP contribution in [0.4, 0.5) is 0 Å². The predicted octanol–water partition coefficient (Wildman–Crippen LogP) is 1.73. The number of likely N-dealkylation sites (tertiary alicyclic amines) is 1. The van der Waals surface area contributed by atoms with E-state index < -0.39 is 0 Å². The van der Waals surface area contributed by atoms with Crippen LogP contribution in [0.1, 0.15) is 29.0 Å². The highest BCUT2D eigenvalue weighted by Gasteiger charge is 2.26. The molecule has 4 rings (SSSR count). The van der Waals surface area contributed by atoms with Gasteiger partial charge in [0, 0.05) is 78.6 Å². The Hall–Kier alpha value is -2.38. The Morgan fingerprint density at radius 1 is 1.07 bits per heavy atom. The Morgan fingerprint density at radius 3 is 2.47 bits per heavy atom. The van der Waals surface area contributed by atoms with Gasteiger partial charge in [-0.25, -0.2) is 0 Å². The van der Waals surface area contributed by atoms with Crippen LogP contribution in [0.25, 0.3) is 0 Å². The third-order valence-corrected chi connectivity index (χ3v) is 6.37. The topological polar surface area (TPSA) is 51.9 Å². The van der Waals surface area contributed by atoms with Crippen molar-refractivity contribution in [1.82, 2.24) is 29.8 Å². The lowest BCUT2D eigenvalue weighted by atomic mass is 10.0. The normalized spacial score (nSPS) is 21.4. The summed E-state index contributed by atoms with van der Waals surface area (Å²) in [5.74, 6) is 1.52. The fraction of sp³-hybridized carbons (Fsp3) is 0.565. The minimum absolute atomic E-state index is 0.533. The second-order valence-corrected chi connectivity index (χ2v) is 8.68. The van der Waals surface area contributed by atoms with E-state index in [2.05, 4.69) is 67.6 Å². The molecule has 162 valence electrons. The number of nitrogens with zero attached hydrogens (tertiary/aromatic N) is 6. The van der Waals surface area contributed by atoms with Crippen LogP contribution in [-0.2, 0) is 20.1 Å². The fourth-order valence-electron chi connectivity index (χ4n) is 4.42. The maximum Gasteiger partial charge on any atom is 0.193 e. The lowest BCUT2D eigenvalue weighted by molar-refractivity contribution is 0.148. The summed E-state index contributed by atoms with van der Waals surface area (Å²) >= 11 is 0. The Balaban J connectivity index is 1.26. The fourth-order valence-corrected chi connectivity index (χ4v) is 4.42. The number of likely N-dealkylation sites (N-methyl/N-ethyl adjacent to an activating group) is 1. The second kappa shape index (κ2) is 9.62. The van der Waals surface area contributed by atoms with Crippen molar-refractivity contribution >= 4 is 5.96 Å². The van der Waals surface area contributed by atoms with Gasteiger partial charge in [0.15, 0.2) is 5.96 Å². The molecule has 1 atom stereocenters. The molecule has 2 aliphatic heterocycles. The van der Waals surface area contributed by atoms with Crippen molar-refractivity contribution in [2.45, 2.75) is 25.4 Å². The molecule has 0 spiro atoms. The summed E-state index contributed by atoms with van der Waals surface area (Å²) in [7, 11) is 6.06. The van der Waals surface area contributed by atoms with E-state index in [-0.39, 0.29) is 0 Å². The molecule has 0 bridgehead atoms. The summed E-state index contributed by atoms with van der Waals surface area (Å²) in [6, 6.07) is 9.03. The molecule has 7 heteroatoms. The van der Waals surface area contributed by atoms with Gasteiger partial charge in [-0.2, -0.15) is 5.10 Å². The first-order chi connectivity index (χ1) is 14.6. The Kier molecular flexibility index (Phi) is 6.69. The van der Waals surface area contributed by atoms with E-state index in [1.807, 2.05) is 25.0 Å². The highest BCUT2D eigenvalue weighted by atomic mass is 15.3. The Labute approximate surface area is 180 Å². The summed E-state index contributed by atoms with van der Waals surface area (Å²) in [4.78, 5) is 11.8. The van der Waals surface area contributed by atoms with E-state index in [0.717, 1.165) is 51.6 Å². The van der Waals surface area contributed by atoms with E-state index in [9.17, 15) is 0 Å². The molecule has 2 saturated heterocycles. The molecule has 1 unspecified atom stereocenters. The van der Waals surface area contributed by atoms with Crippen LogP contribution in [-0.4, -0.2) is 83.8 Å². The van der Waals surface area contributed by atoms with Gasteiger partial charge in [0.2, 0.25) is 0 Å². The van der Waals surface area contributed by atoms with Gasteiger partial charge in [0.25, 0.3) is 0 Å². The SMILES string of the molecule is CN=C(NCc1ccc(CN2CCN(C)CC2)cc1)N1CCC(c2cnn(C)c2)C1. The molecule has 1 N–H and O–H groups in total. The van der Waals surface area contributed by atoms with E-state index in [0.29, 0.717) is 5.92 Å². The molecule has 1 aromatic carbocycles. The van der Waals surface area contributed by atoms with Crippen molar-refractivity contribution in [2.75, 3.05) is 53.4 Å². The van der Waals surface area contributed by atoms with Crippen molar-refractivity contribution in [3.8, 4) is 0 Å². The van der Waals surface area contributed by atoms with Crippen LogP contribution >= 0.6 is 0 Å². The zero-order valence-electron chi connectivity index (χ0n) is 18.6. The number of hydrogen-bond donors (Lipinski definition) is 1. The van der Waals surface area contributed by atoms with Crippen molar-refractivity contribution in [1.29, 1.82) is 0 Å². The third-order valence-electron chi connectivity index (χ3n) is 6.37. The van der Waals surface area contributed by atoms with E-state index in [1.54, 1.807) is 0 Å². The zero-order chi connectivity index (χ0) is 20.9. The zero-order valence-corrected chi connectivity index (χ0v) is 18.6. The van der Waals surface area contributed by atoms with E-state index in [4.69, 9.17) is 0 Å². The number of guanidine groups is 1. The third kappa shape index (κ3) is 5.21. The first-order valence-corrected chi connectivity index (χ1v) is 11.0. The number of benzene rings is 1. The molecule has 2 aromatic rings. The van der Waals surface area contributed by atoms with Gasteiger partial charge >= 0.3 is 0 Å².